The number of hydrogen-bond donors (Lipinski definition) is 1. The number of hydrogen-bond acceptors (Lipinski definition) is 3. The molecule has 0 spiro atoms. The van der Waals surface area contributed by atoms with Gasteiger partial charge >= 0.3 is 0 Å². The molecule has 0 aliphatic heterocycles. The van der Waals surface area contributed by atoms with E-state index in [-0.39, 0.29) is 5.78 Å². The number of carbonyl (C=O) groups excluding carboxylic acids is 1. The summed E-state index contributed by atoms with van der Waals surface area (Å²) in [6, 6.07) is 8.98. The zero-order valence-corrected chi connectivity index (χ0v) is 13.1. The summed E-state index contributed by atoms with van der Waals surface area (Å²) in [5, 5.41) is 3.74. The van der Waals surface area contributed by atoms with E-state index in [0.29, 0.717) is 10.6 Å². The molecule has 0 saturated heterocycles. The van der Waals surface area contributed by atoms with E-state index in [0.717, 1.165) is 15.9 Å². The lowest BCUT2D eigenvalue weighted by atomic mass is 10.1. The Hall–Kier alpha value is -1.65. The van der Waals surface area contributed by atoms with Crippen LogP contribution in [-0.4, -0.2) is 10.8 Å². The average molecular weight is 352 g/mol. The van der Waals surface area contributed by atoms with Crippen LogP contribution in [-0.2, 0) is 0 Å². The first-order valence-corrected chi connectivity index (χ1v) is 7.08. The lowest BCUT2D eigenvalue weighted by Crippen LogP contribution is -2.01. The molecule has 1 aromatic carbocycles. The number of allylic oxidation sites excluding steroid dienone is 2. The van der Waals surface area contributed by atoms with Gasteiger partial charge in [0.25, 0.3) is 0 Å². The Morgan fingerprint density at radius 1 is 1.40 bits per heavy atom. The maximum absolute atomic E-state index is 12.0. The highest BCUT2D eigenvalue weighted by atomic mass is 79.9. The largest absolute Gasteiger partial charge is 0.359 e. The molecule has 1 aromatic heterocycles. The molecule has 1 heterocycles. The second kappa shape index (κ2) is 6.68. The minimum absolute atomic E-state index is 0.0914. The first kappa shape index (κ1) is 14.8. The Labute approximate surface area is 130 Å². The normalized spacial score (nSPS) is 11.2. The molecule has 2 aromatic rings. The molecule has 102 valence electrons. The second-order valence-corrected chi connectivity index (χ2v) is 5.45. The van der Waals surface area contributed by atoms with E-state index in [1.165, 1.54) is 6.08 Å². The topological polar surface area (TPSA) is 42.0 Å². The summed E-state index contributed by atoms with van der Waals surface area (Å²) in [4.78, 5) is 15.9. The number of pyridine rings is 1. The lowest BCUT2D eigenvalue weighted by Gasteiger charge is -2.07. The van der Waals surface area contributed by atoms with Gasteiger partial charge in [-0.15, -0.1) is 0 Å². The van der Waals surface area contributed by atoms with Gasteiger partial charge in [-0.2, -0.15) is 0 Å². The number of ketones is 1. The van der Waals surface area contributed by atoms with Crippen molar-refractivity contribution in [3.05, 3.63) is 69.6 Å². The van der Waals surface area contributed by atoms with Gasteiger partial charge in [-0.25, -0.2) is 0 Å². The fourth-order valence-corrected chi connectivity index (χ4v) is 2.05. The van der Waals surface area contributed by atoms with Crippen molar-refractivity contribution in [1.29, 1.82) is 0 Å². The number of nitrogens with zero attached hydrogens (tertiary/aromatic N) is 1. The molecule has 5 heteroatoms. The fraction of sp³-hybridized carbons (Fsp3) is 0.0667. The van der Waals surface area contributed by atoms with Crippen LogP contribution in [0.15, 0.2) is 59.0 Å². The van der Waals surface area contributed by atoms with Crippen molar-refractivity contribution in [3.63, 3.8) is 0 Å². The van der Waals surface area contributed by atoms with Crippen LogP contribution in [0.1, 0.15) is 17.3 Å². The van der Waals surface area contributed by atoms with E-state index < -0.39 is 0 Å². The van der Waals surface area contributed by atoms with Gasteiger partial charge in [0, 0.05) is 39.9 Å². The fourth-order valence-electron chi connectivity index (χ4n) is 1.63. The van der Waals surface area contributed by atoms with E-state index >= 15 is 0 Å². The van der Waals surface area contributed by atoms with Crippen molar-refractivity contribution >= 4 is 39.0 Å². The highest BCUT2D eigenvalue weighted by Gasteiger charge is 2.04. The zero-order valence-electron chi connectivity index (χ0n) is 10.7. The van der Waals surface area contributed by atoms with Crippen molar-refractivity contribution in [2.75, 3.05) is 5.32 Å². The summed E-state index contributed by atoms with van der Waals surface area (Å²) in [7, 11) is 0. The number of nitrogens with one attached hydrogen (secondary N) is 1. The van der Waals surface area contributed by atoms with Crippen LogP contribution in [0.4, 0.5) is 5.69 Å². The first-order chi connectivity index (χ1) is 9.56. The zero-order chi connectivity index (χ0) is 14.5. The third kappa shape index (κ3) is 3.92. The Balaban J connectivity index is 2.11. The number of rotatable bonds is 4. The molecular formula is C15H12BrClN2O. The van der Waals surface area contributed by atoms with Crippen LogP contribution in [0.25, 0.3) is 0 Å². The molecule has 0 radical (unpaired) electrons. The van der Waals surface area contributed by atoms with E-state index in [1.807, 2.05) is 19.1 Å². The molecule has 0 saturated carbocycles. The predicted molar refractivity (Wildman–Crippen MR) is 85.1 cm³/mol. The second-order valence-electron chi connectivity index (χ2n) is 4.19. The van der Waals surface area contributed by atoms with Crippen molar-refractivity contribution in [1.82, 2.24) is 4.98 Å². The van der Waals surface area contributed by atoms with E-state index in [9.17, 15) is 4.79 Å². The SMILES string of the molecule is C/C(=C\C(=O)c1cccnc1)Nc1ccc(Br)c(Cl)c1. The van der Waals surface area contributed by atoms with Gasteiger partial charge in [-0.3, -0.25) is 9.78 Å². The van der Waals surface area contributed by atoms with Crippen LogP contribution >= 0.6 is 27.5 Å². The first-order valence-electron chi connectivity index (χ1n) is 5.91. The summed E-state index contributed by atoms with van der Waals surface area (Å²) in [5.74, 6) is -0.0914. The van der Waals surface area contributed by atoms with Gasteiger partial charge in [0.2, 0.25) is 0 Å². The lowest BCUT2D eigenvalue weighted by molar-refractivity contribution is 0.104. The molecule has 0 amide bonds. The molecule has 0 aliphatic carbocycles. The number of halogens is 2. The third-order valence-corrected chi connectivity index (χ3v) is 3.79. The summed E-state index contributed by atoms with van der Waals surface area (Å²) in [5.41, 5.74) is 2.12. The maximum atomic E-state index is 12.0. The summed E-state index contributed by atoms with van der Waals surface area (Å²) in [6.45, 7) is 1.82. The minimum atomic E-state index is -0.0914. The molecule has 1 N–H and O–H groups in total. The smallest absolute Gasteiger partial charge is 0.189 e. The van der Waals surface area contributed by atoms with Crippen molar-refractivity contribution in [3.8, 4) is 0 Å². The highest BCUT2D eigenvalue weighted by Crippen LogP contribution is 2.26. The van der Waals surface area contributed by atoms with Crippen molar-refractivity contribution < 1.29 is 4.79 Å². The number of aromatic nitrogens is 1. The van der Waals surface area contributed by atoms with Crippen LogP contribution < -0.4 is 5.32 Å². The van der Waals surface area contributed by atoms with Gasteiger partial charge in [-0.05, 0) is 53.2 Å². The highest BCUT2D eigenvalue weighted by molar-refractivity contribution is 9.10. The number of anilines is 1. The molecule has 3 nitrogen and oxygen atoms in total. The van der Waals surface area contributed by atoms with Crippen LogP contribution in [0.3, 0.4) is 0 Å². The molecule has 20 heavy (non-hydrogen) atoms. The Morgan fingerprint density at radius 3 is 2.85 bits per heavy atom. The monoisotopic (exact) mass is 350 g/mol. The Kier molecular flexibility index (Phi) is 4.93. The van der Waals surface area contributed by atoms with E-state index in [2.05, 4.69) is 26.2 Å². The quantitative estimate of drug-likeness (QED) is 0.641. The molecule has 0 aliphatic rings. The van der Waals surface area contributed by atoms with Gasteiger partial charge in [0.15, 0.2) is 5.78 Å². The average Bonchev–Trinajstić information content (AvgIpc) is 2.44. The number of carbonyl (C=O) groups is 1. The summed E-state index contributed by atoms with van der Waals surface area (Å²) >= 11 is 9.35. The van der Waals surface area contributed by atoms with Gasteiger partial charge in [0.1, 0.15) is 0 Å². The molecule has 0 fully saturated rings. The molecule has 0 atom stereocenters. The minimum Gasteiger partial charge on any atom is -0.359 e. The Morgan fingerprint density at radius 2 is 2.20 bits per heavy atom. The van der Waals surface area contributed by atoms with Crippen LogP contribution in [0.2, 0.25) is 5.02 Å². The predicted octanol–water partition coefficient (Wildman–Crippen LogP) is 4.70. The van der Waals surface area contributed by atoms with Crippen molar-refractivity contribution in [2.45, 2.75) is 6.92 Å². The molecular weight excluding hydrogens is 340 g/mol. The maximum Gasteiger partial charge on any atom is 0.189 e. The molecule has 0 bridgehead atoms. The van der Waals surface area contributed by atoms with Crippen molar-refractivity contribution in [2.24, 2.45) is 0 Å². The standard InChI is InChI=1S/C15H12BrClN2O/c1-10(7-15(20)11-3-2-6-18-9-11)19-12-4-5-13(16)14(17)8-12/h2-9,19H,1H3/b10-7+. The number of benzene rings is 1. The summed E-state index contributed by atoms with van der Waals surface area (Å²) in [6.07, 6.45) is 4.71. The van der Waals surface area contributed by atoms with E-state index in [4.69, 9.17) is 11.6 Å². The molecule has 0 unspecified atom stereocenters. The third-order valence-electron chi connectivity index (χ3n) is 2.55. The van der Waals surface area contributed by atoms with Crippen LogP contribution in [0.5, 0.6) is 0 Å². The Bertz CT molecular complexity index is 656. The van der Waals surface area contributed by atoms with Gasteiger partial charge < -0.3 is 5.32 Å². The molecule has 2 rings (SSSR count). The summed E-state index contributed by atoms with van der Waals surface area (Å²) < 4.78 is 0.831. The van der Waals surface area contributed by atoms with E-state index in [1.54, 1.807) is 30.6 Å². The van der Waals surface area contributed by atoms with Gasteiger partial charge in [-0.1, -0.05) is 11.6 Å². The van der Waals surface area contributed by atoms with Crippen LogP contribution in [0, 0.1) is 0 Å². The van der Waals surface area contributed by atoms with Gasteiger partial charge in [0.05, 0.1) is 5.02 Å².